The normalized spacial score (nSPS) is 12.7. The highest BCUT2D eigenvalue weighted by molar-refractivity contribution is 5.89. The average Bonchev–Trinajstić information content (AvgIpc) is 2.88. The first-order valence-corrected chi connectivity index (χ1v) is 12.0. The molecular formula is C29H38N2O6. The van der Waals surface area contributed by atoms with Crippen molar-refractivity contribution in [2.75, 3.05) is 26.4 Å². The zero-order valence-electron chi connectivity index (χ0n) is 22.0. The van der Waals surface area contributed by atoms with Gasteiger partial charge in [0, 0.05) is 16.6 Å². The molecule has 0 bridgehead atoms. The van der Waals surface area contributed by atoms with E-state index >= 15 is 0 Å². The molecule has 8 heteroatoms. The maximum atomic E-state index is 10.0. The number of hydrogen-bond acceptors (Lipinski definition) is 8. The van der Waals surface area contributed by atoms with Gasteiger partial charge in [0.25, 0.3) is 0 Å². The van der Waals surface area contributed by atoms with Crippen LogP contribution in [0.2, 0.25) is 0 Å². The van der Waals surface area contributed by atoms with E-state index in [9.17, 15) is 10.2 Å². The van der Waals surface area contributed by atoms with Crippen LogP contribution in [0.4, 0.5) is 0 Å². The van der Waals surface area contributed by atoms with Gasteiger partial charge in [0.05, 0.1) is 0 Å². The van der Waals surface area contributed by atoms with Crippen molar-refractivity contribution in [2.45, 2.75) is 45.3 Å². The molecule has 2 atom stereocenters. The van der Waals surface area contributed by atoms with Crippen molar-refractivity contribution >= 4 is 11.8 Å². The molecule has 0 amide bonds. The van der Waals surface area contributed by atoms with Gasteiger partial charge in [-0.2, -0.15) is 0 Å². The summed E-state index contributed by atoms with van der Waals surface area (Å²) < 4.78 is 21.6. The smallest absolute Gasteiger partial charge is 0.208 e. The summed E-state index contributed by atoms with van der Waals surface area (Å²) in [7, 11) is 0. The number of aliphatic hydroxyl groups is 2. The Kier molecular flexibility index (Phi) is 10.9. The zero-order valence-corrected chi connectivity index (χ0v) is 22.0. The predicted octanol–water partition coefficient (Wildman–Crippen LogP) is 4.63. The molecule has 0 fully saturated rings. The van der Waals surface area contributed by atoms with Crippen molar-refractivity contribution < 1.29 is 29.2 Å². The number of rotatable bonds is 14. The third-order valence-corrected chi connectivity index (χ3v) is 5.65. The Morgan fingerprint density at radius 1 is 0.703 bits per heavy atom. The van der Waals surface area contributed by atoms with Crippen molar-refractivity contribution in [1.29, 1.82) is 10.8 Å². The highest BCUT2D eigenvalue weighted by Crippen LogP contribution is 2.33. The Hall–Kier alpha value is -3.62. The van der Waals surface area contributed by atoms with Crippen LogP contribution < -0.4 is 9.47 Å². The maximum Gasteiger partial charge on any atom is 0.208 e. The van der Waals surface area contributed by atoms with Crippen molar-refractivity contribution in [2.24, 2.45) is 0 Å². The molecule has 8 nitrogen and oxygen atoms in total. The molecule has 0 saturated carbocycles. The number of nitrogens with one attached hydrogen (secondary N) is 2. The van der Waals surface area contributed by atoms with E-state index in [0.29, 0.717) is 22.6 Å². The summed E-state index contributed by atoms with van der Waals surface area (Å²) in [5, 5.41) is 35.2. The van der Waals surface area contributed by atoms with Crippen LogP contribution in [0.15, 0.2) is 72.8 Å². The molecule has 37 heavy (non-hydrogen) atoms. The van der Waals surface area contributed by atoms with Crippen LogP contribution in [-0.2, 0) is 14.9 Å². The van der Waals surface area contributed by atoms with Crippen LogP contribution in [0.3, 0.4) is 0 Å². The second-order valence-electron chi connectivity index (χ2n) is 9.44. The summed E-state index contributed by atoms with van der Waals surface area (Å²) in [4.78, 5) is 0. The minimum Gasteiger partial charge on any atom is -0.491 e. The SMILES string of the molecule is C=C(C)C(=N)OCC(O)COc1ccc(C(C)(C)c2ccc(OCC(O)COC(=N)C(=C)C)cc2)cc1. The summed E-state index contributed by atoms with van der Waals surface area (Å²) in [5.74, 6) is 1.15. The van der Waals surface area contributed by atoms with E-state index in [1.165, 1.54) is 0 Å². The van der Waals surface area contributed by atoms with Gasteiger partial charge in [-0.3, -0.25) is 10.8 Å². The molecule has 2 aromatic rings. The highest BCUT2D eigenvalue weighted by atomic mass is 16.5. The summed E-state index contributed by atoms with van der Waals surface area (Å²) in [6, 6.07) is 15.4. The van der Waals surface area contributed by atoms with Crippen LogP contribution in [0, 0.1) is 10.8 Å². The van der Waals surface area contributed by atoms with Crippen LogP contribution in [0.1, 0.15) is 38.8 Å². The van der Waals surface area contributed by atoms with Gasteiger partial charge in [0.1, 0.15) is 50.1 Å². The van der Waals surface area contributed by atoms with E-state index in [4.69, 9.17) is 29.8 Å². The monoisotopic (exact) mass is 510 g/mol. The first kappa shape index (κ1) is 29.6. The second kappa shape index (κ2) is 13.6. The van der Waals surface area contributed by atoms with Crippen molar-refractivity contribution in [3.05, 3.63) is 84.0 Å². The average molecular weight is 511 g/mol. The van der Waals surface area contributed by atoms with E-state index in [1.54, 1.807) is 13.8 Å². The van der Waals surface area contributed by atoms with Gasteiger partial charge < -0.3 is 29.2 Å². The van der Waals surface area contributed by atoms with Crippen molar-refractivity contribution in [3.63, 3.8) is 0 Å². The summed E-state index contributed by atoms with van der Waals surface area (Å²) in [6.07, 6.45) is -1.73. The van der Waals surface area contributed by atoms with Crippen LogP contribution in [0.5, 0.6) is 11.5 Å². The lowest BCUT2D eigenvalue weighted by Gasteiger charge is -2.26. The first-order valence-electron chi connectivity index (χ1n) is 12.0. The second-order valence-corrected chi connectivity index (χ2v) is 9.44. The number of hydrogen-bond donors (Lipinski definition) is 4. The molecule has 0 radical (unpaired) electrons. The fourth-order valence-corrected chi connectivity index (χ4v) is 3.19. The molecule has 4 N–H and O–H groups in total. The fraction of sp³-hybridized carbons (Fsp3) is 0.379. The van der Waals surface area contributed by atoms with Crippen molar-refractivity contribution in [3.8, 4) is 11.5 Å². The number of aliphatic hydroxyl groups excluding tert-OH is 2. The number of ether oxygens (including phenoxy) is 4. The Labute approximate surface area is 219 Å². The Balaban J connectivity index is 1.88. The van der Waals surface area contributed by atoms with E-state index in [0.717, 1.165) is 11.1 Å². The molecule has 0 heterocycles. The molecule has 0 aromatic heterocycles. The summed E-state index contributed by atoms with van der Waals surface area (Å²) in [6.45, 7) is 14.8. The van der Waals surface area contributed by atoms with E-state index in [2.05, 4.69) is 27.0 Å². The van der Waals surface area contributed by atoms with E-state index in [-0.39, 0.29) is 43.6 Å². The topological polar surface area (TPSA) is 125 Å². The van der Waals surface area contributed by atoms with Gasteiger partial charge in [0.2, 0.25) is 11.8 Å². The lowest BCUT2D eigenvalue weighted by molar-refractivity contribution is 0.0582. The summed E-state index contributed by atoms with van der Waals surface area (Å²) >= 11 is 0. The quantitative estimate of drug-likeness (QED) is 0.217. The minimum atomic E-state index is -0.866. The molecule has 0 spiro atoms. The molecule has 2 rings (SSSR count). The van der Waals surface area contributed by atoms with Gasteiger partial charge in [-0.1, -0.05) is 51.3 Å². The minimum absolute atomic E-state index is 0.0387. The lowest BCUT2D eigenvalue weighted by Crippen LogP contribution is -2.25. The molecule has 0 saturated heterocycles. The zero-order chi connectivity index (χ0) is 27.6. The third kappa shape index (κ3) is 9.40. The largest absolute Gasteiger partial charge is 0.491 e. The maximum absolute atomic E-state index is 10.0. The van der Waals surface area contributed by atoms with Gasteiger partial charge in [-0.15, -0.1) is 0 Å². The molecule has 0 aliphatic rings. The third-order valence-electron chi connectivity index (χ3n) is 5.65. The molecular weight excluding hydrogens is 472 g/mol. The first-order chi connectivity index (χ1) is 17.4. The Morgan fingerprint density at radius 2 is 1.03 bits per heavy atom. The number of benzene rings is 2. The molecule has 2 aromatic carbocycles. The standard InChI is InChI=1S/C29H38N2O6/c1-19(2)27(30)36-17-23(32)15-34-25-11-7-21(8-12-25)29(5,6)22-9-13-26(14-10-22)35-16-24(33)18-37-28(31)20(3)4/h7-14,23-24,30-33H,1,3,15-18H2,2,4-6H3. The van der Waals surface area contributed by atoms with E-state index in [1.807, 2.05) is 48.5 Å². The lowest BCUT2D eigenvalue weighted by atomic mass is 9.78. The Bertz CT molecular complexity index is 991. The van der Waals surface area contributed by atoms with Crippen LogP contribution in [0.25, 0.3) is 0 Å². The highest BCUT2D eigenvalue weighted by Gasteiger charge is 2.23. The van der Waals surface area contributed by atoms with Crippen LogP contribution >= 0.6 is 0 Å². The van der Waals surface area contributed by atoms with Gasteiger partial charge in [-0.05, 0) is 49.2 Å². The van der Waals surface area contributed by atoms with Gasteiger partial charge >= 0.3 is 0 Å². The van der Waals surface area contributed by atoms with Crippen molar-refractivity contribution in [1.82, 2.24) is 0 Å². The van der Waals surface area contributed by atoms with E-state index < -0.39 is 12.2 Å². The van der Waals surface area contributed by atoms with Crippen LogP contribution in [-0.4, -0.2) is 60.6 Å². The Morgan fingerprint density at radius 3 is 1.32 bits per heavy atom. The molecule has 0 aliphatic heterocycles. The fourth-order valence-electron chi connectivity index (χ4n) is 3.19. The summed E-state index contributed by atoms with van der Waals surface area (Å²) in [5.41, 5.74) is 2.87. The van der Waals surface area contributed by atoms with Gasteiger partial charge in [0.15, 0.2) is 0 Å². The molecule has 0 aliphatic carbocycles. The molecule has 2 unspecified atom stereocenters. The van der Waals surface area contributed by atoms with Gasteiger partial charge in [-0.25, -0.2) is 0 Å². The predicted molar refractivity (Wildman–Crippen MR) is 145 cm³/mol. The molecule has 200 valence electrons.